The van der Waals surface area contributed by atoms with Gasteiger partial charge >= 0.3 is 6.03 Å². The van der Waals surface area contributed by atoms with Crippen molar-refractivity contribution in [3.63, 3.8) is 0 Å². The molecule has 0 unspecified atom stereocenters. The van der Waals surface area contributed by atoms with E-state index in [1.54, 1.807) is 16.2 Å². The summed E-state index contributed by atoms with van der Waals surface area (Å²) in [6.45, 7) is 2.59. The molecule has 116 valence electrons. The van der Waals surface area contributed by atoms with Gasteiger partial charge in [0.05, 0.1) is 6.54 Å². The lowest BCUT2D eigenvalue weighted by molar-refractivity contribution is 0.256. The molecule has 0 fully saturated rings. The van der Waals surface area contributed by atoms with Crippen LogP contribution in [0.1, 0.15) is 10.4 Å². The number of hydrogen-bond donors (Lipinski definition) is 1. The van der Waals surface area contributed by atoms with E-state index < -0.39 is 0 Å². The van der Waals surface area contributed by atoms with Gasteiger partial charge in [0.15, 0.2) is 0 Å². The molecule has 1 heterocycles. The van der Waals surface area contributed by atoms with Crippen LogP contribution in [0, 0.1) is 6.92 Å². The van der Waals surface area contributed by atoms with Crippen LogP contribution in [0.25, 0.3) is 0 Å². The summed E-state index contributed by atoms with van der Waals surface area (Å²) in [4.78, 5) is 15.7. The van der Waals surface area contributed by atoms with Crippen LogP contribution in [-0.2, 0) is 6.54 Å². The molecule has 1 N–H and O–H groups in total. The predicted octanol–water partition coefficient (Wildman–Crippen LogP) is 5.30. The maximum atomic E-state index is 12.7. The van der Waals surface area contributed by atoms with Gasteiger partial charge in [0.2, 0.25) is 0 Å². The Hall–Kier alpha value is -2.59. The Balaban J connectivity index is 1.84. The summed E-state index contributed by atoms with van der Waals surface area (Å²) in [6.07, 6.45) is 0. The van der Waals surface area contributed by atoms with Crippen LogP contribution in [0.2, 0.25) is 0 Å². The number of amides is 2. The number of hydrogen-bond acceptors (Lipinski definition) is 2. The molecule has 1 aromatic heterocycles. The smallest absolute Gasteiger partial charge is 0.308 e. The van der Waals surface area contributed by atoms with Gasteiger partial charge in [-0.25, -0.2) is 4.79 Å². The van der Waals surface area contributed by atoms with Crippen molar-refractivity contribution < 1.29 is 4.79 Å². The number of carbonyl (C=O) groups is 1. The number of aryl methyl sites for hydroxylation is 1. The molecule has 23 heavy (non-hydrogen) atoms. The minimum absolute atomic E-state index is 0.131. The maximum Gasteiger partial charge on any atom is 0.326 e. The Bertz CT molecular complexity index is 752. The van der Waals surface area contributed by atoms with E-state index in [2.05, 4.69) is 5.32 Å². The second-order valence-corrected chi connectivity index (χ2v) is 6.33. The molecule has 0 spiro atoms. The summed E-state index contributed by atoms with van der Waals surface area (Å²) in [5, 5.41) is 4.98. The number of para-hydroxylation sites is 1. The number of rotatable bonds is 4. The first-order valence-electron chi connectivity index (χ1n) is 7.45. The van der Waals surface area contributed by atoms with E-state index in [9.17, 15) is 4.79 Å². The normalized spacial score (nSPS) is 10.3. The highest BCUT2D eigenvalue weighted by atomic mass is 32.1. The second-order valence-electron chi connectivity index (χ2n) is 5.30. The molecule has 2 amide bonds. The molecule has 0 saturated carbocycles. The molecule has 3 nitrogen and oxygen atoms in total. The summed E-state index contributed by atoms with van der Waals surface area (Å²) in [5.41, 5.74) is 2.85. The second kappa shape index (κ2) is 7.11. The molecular formula is C19H18N2OS. The Morgan fingerprint density at radius 3 is 2.39 bits per heavy atom. The Kier molecular flexibility index (Phi) is 4.74. The SMILES string of the molecule is Cc1ccc(N(Cc2cccs2)C(=O)Nc2ccccc2)cc1. The molecule has 0 saturated heterocycles. The molecule has 0 atom stereocenters. The van der Waals surface area contributed by atoms with E-state index in [4.69, 9.17) is 0 Å². The fourth-order valence-corrected chi connectivity index (χ4v) is 2.97. The molecule has 0 bridgehead atoms. The minimum atomic E-state index is -0.131. The molecular weight excluding hydrogens is 304 g/mol. The highest BCUT2D eigenvalue weighted by molar-refractivity contribution is 7.09. The first-order chi connectivity index (χ1) is 11.2. The van der Waals surface area contributed by atoms with E-state index in [1.807, 2.05) is 79.0 Å². The lowest BCUT2D eigenvalue weighted by Crippen LogP contribution is -2.34. The summed E-state index contributed by atoms with van der Waals surface area (Å²) < 4.78 is 0. The van der Waals surface area contributed by atoms with Crippen molar-refractivity contribution in [2.45, 2.75) is 13.5 Å². The third kappa shape index (κ3) is 3.99. The molecule has 0 radical (unpaired) electrons. The van der Waals surface area contributed by atoms with Gasteiger partial charge in [-0.05, 0) is 42.6 Å². The van der Waals surface area contributed by atoms with Gasteiger partial charge in [0.25, 0.3) is 0 Å². The van der Waals surface area contributed by atoms with Gasteiger partial charge in [-0.2, -0.15) is 0 Å². The van der Waals surface area contributed by atoms with Crippen molar-refractivity contribution in [3.8, 4) is 0 Å². The molecule has 4 heteroatoms. The summed E-state index contributed by atoms with van der Waals surface area (Å²) in [7, 11) is 0. The standard InChI is InChI=1S/C19H18N2OS/c1-15-9-11-17(12-10-15)21(14-18-8-5-13-23-18)19(22)20-16-6-3-2-4-7-16/h2-13H,14H2,1H3,(H,20,22). The van der Waals surface area contributed by atoms with Crippen LogP contribution >= 0.6 is 11.3 Å². The van der Waals surface area contributed by atoms with Gasteiger partial charge < -0.3 is 5.32 Å². The fourth-order valence-electron chi connectivity index (χ4n) is 2.28. The molecule has 2 aromatic carbocycles. The van der Waals surface area contributed by atoms with Crippen molar-refractivity contribution in [2.24, 2.45) is 0 Å². The number of carbonyl (C=O) groups excluding carboxylic acids is 1. The van der Waals surface area contributed by atoms with Crippen molar-refractivity contribution in [2.75, 3.05) is 10.2 Å². The Morgan fingerprint density at radius 2 is 1.74 bits per heavy atom. The molecule has 3 rings (SSSR count). The Morgan fingerprint density at radius 1 is 1.00 bits per heavy atom. The van der Waals surface area contributed by atoms with Gasteiger partial charge in [0, 0.05) is 16.3 Å². The van der Waals surface area contributed by atoms with Crippen LogP contribution in [0.15, 0.2) is 72.1 Å². The van der Waals surface area contributed by atoms with E-state index >= 15 is 0 Å². The first kappa shape index (κ1) is 15.3. The lowest BCUT2D eigenvalue weighted by atomic mass is 10.2. The quantitative estimate of drug-likeness (QED) is 0.695. The minimum Gasteiger partial charge on any atom is -0.308 e. The number of urea groups is 1. The van der Waals surface area contributed by atoms with Crippen molar-refractivity contribution in [1.82, 2.24) is 0 Å². The highest BCUT2D eigenvalue weighted by Crippen LogP contribution is 2.21. The van der Waals surface area contributed by atoms with E-state index in [-0.39, 0.29) is 6.03 Å². The third-order valence-corrected chi connectivity index (χ3v) is 4.37. The summed E-state index contributed by atoms with van der Waals surface area (Å²) >= 11 is 1.65. The van der Waals surface area contributed by atoms with E-state index in [1.165, 1.54) is 5.56 Å². The zero-order valence-corrected chi connectivity index (χ0v) is 13.7. The topological polar surface area (TPSA) is 32.3 Å². The van der Waals surface area contributed by atoms with Crippen LogP contribution in [0.4, 0.5) is 16.2 Å². The average molecular weight is 322 g/mol. The number of nitrogens with one attached hydrogen (secondary N) is 1. The predicted molar refractivity (Wildman–Crippen MR) is 97.1 cm³/mol. The number of anilines is 2. The third-order valence-electron chi connectivity index (χ3n) is 3.51. The average Bonchev–Trinajstić information content (AvgIpc) is 3.08. The first-order valence-corrected chi connectivity index (χ1v) is 8.33. The van der Waals surface area contributed by atoms with Crippen LogP contribution < -0.4 is 10.2 Å². The molecule has 3 aromatic rings. The van der Waals surface area contributed by atoms with Crippen molar-refractivity contribution in [3.05, 3.63) is 82.6 Å². The maximum absolute atomic E-state index is 12.7. The van der Waals surface area contributed by atoms with Gasteiger partial charge in [-0.3, -0.25) is 4.90 Å². The lowest BCUT2D eigenvalue weighted by Gasteiger charge is -2.23. The van der Waals surface area contributed by atoms with Crippen LogP contribution in [0.3, 0.4) is 0 Å². The monoisotopic (exact) mass is 322 g/mol. The van der Waals surface area contributed by atoms with Crippen LogP contribution in [0.5, 0.6) is 0 Å². The molecule has 0 aliphatic rings. The fraction of sp³-hybridized carbons (Fsp3) is 0.105. The number of nitrogens with zero attached hydrogens (tertiary/aromatic N) is 1. The van der Waals surface area contributed by atoms with Crippen LogP contribution in [-0.4, -0.2) is 6.03 Å². The Labute approximate surface area is 140 Å². The van der Waals surface area contributed by atoms with Crippen molar-refractivity contribution in [1.29, 1.82) is 0 Å². The van der Waals surface area contributed by atoms with E-state index in [0.29, 0.717) is 6.54 Å². The van der Waals surface area contributed by atoms with Gasteiger partial charge in [-0.1, -0.05) is 42.0 Å². The summed E-state index contributed by atoms with van der Waals surface area (Å²) in [5.74, 6) is 0. The van der Waals surface area contributed by atoms with E-state index in [0.717, 1.165) is 16.3 Å². The molecule has 0 aliphatic carbocycles. The van der Waals surface area contributed by atoms with Gasteiger partial charge in [-0.15, -0.1) is 11.3 Å². The summed E-state index contributed by atoms with van der Waals surface area (Å²) in [6, 6.07) is 21.4. The van der Waals surface area contributed by atoms with Gasteiger partial charge in [0.1, 0.15) is 0 Å². The highest BCUT2D eigenvalue weighted by Gasteiger charge is 2.16. The molecule has 0 aliphatic heterocycles. The zero-order valence-electron chi connectivity index (χ0n) is 12.9. The number of benzene rings is 2. The van der Waals surface area contributed by atoms with Crippen molar-refractivity contribution >= 4 is 28.7 Å². The number of thiophene rings is 1. The largest absolute Gasteiger partial charge is 0.326 e. The zero-order chi connectivity index (χ0) is 16.1.